The highest BCUT2D eigenvalue weighted by Gasteiger charge is 2.20. The van der Waals surface area contributed by atoms with Crippen molar-refractivity contribution in [1.29, 1.82) is 0 Å². The monoisotopic (exact) mass is 384 g/mol. The number of amides is 3. The molecule has 1 aromatic carbocycles. The van der Waals surface area contributed by atoms with Crippen molar-refractivity contribution in [3.63, 3.8) is 0 Å². The molecule has 1 aliphatic rings. The second kappa shape index (κ2) is 8.60. The summed E-state index contributed by atoms with van der Waals surface area (Å²) in [6, 6.07) is 8.20. The number of likely N-dealkylation sites (N-methyl/N-ethyl adjacent to an activating group) is 1. The van der Waals surface area contributed by atoms with E-state index in [0.29, 0.717) is 11.3 Å². The van der Waals surface area contributed by atoms with Crippen molar-refractivity contribution < 1.29 is 18.8 Å². The minimum atomic E-state index is -0.564. The van der Waals surface area contributed by atoms with E-state index in [1.165, 1.54) is 24.6 Å². The Kier molecular flexibility index (Phi) is 5.98. The summed E-state index contributed by atoms with van der Waals surface area (Å²) in [6.45, 7) is 1.62. The number of nitrogens with two attached hydrogens (primary N) is 1. The molecule has 0 radical (unpaired) electrons. The van der Waals surface area contributed by atoms with Gasteiger partial charge < -0.3 is 25.3 Å². The van der Waals surface area contributed by atoms with E-state index in [9.17, 15) is 14.4 Å². The third-order valence-corrected chi connectivity index (χ3v) is 4.71. The first kappa shape index (κ1) is 19.5. The SMILES string of the molecule is CN(CC(=O)Nc1cc(C(N)=O)ccc1N1CCCCC1)C(=O)c1ccco1. The molecule has 2 heterocycles. The molecule has 1 saturated heterocycles. The Labute approximate surface area is 163 Å². The van der Waals surface area contributed by atoms with E-state index in [1.54, 1.807) is 30.3 Å². The zero-order valence-corrected chi connectivity index (χ0v) is 15.8. The molecule has 1 aliphatic heterocycles. The standard InChI is InChI=1S/C20H24N4O4/c1-23(20(27)17-6-5-11-28-17)13-18(25)22-15-12-14(19(21)26)7-8-16(15)24-9-3-2-4-10-24/h5-8,11-12H,2-4,9-10,13H2,1H3,(H2,21,26)(H,22,25). The van der Waals surface area contributed by atoms with Gasteiger partial charge in [0.25, 0.3) is 5.91 Å². The van der Waals surface area contributed by atoms with Crippen LogP contribution in [-0.2, 0) is 4.79 Å². The molecular formula is C20H24N4O4. The van der Waals surface area contributed by atoms with Gasteiger partial charge in [0, 0.05) is 25.7 Å². The molecule has 0 aliphatic carbocycles. The second-order valence-corrected chi connectivity index (χ2v) is 6.83. The lowest BCUT2D eigenvalue weighted by Gasteiger charge is -2.31. The first-order valence-corrected chi connectivity index (χ1v) is 9.23. The van der Waals surface area contributed by atoms with E-state index >= 15 is 0 Å². The zero-order chi connectivity index (χ0) is 20.1. The molecule has 3 N–H and O–H groups in total. The van der Waals surface area contributed by atoms with Crippen LogP contribution < -0.4 is 16.0 Å². The minimum Gasteiger partial charge on any atom is -0.459 e. The largest absolute Gasteiger partial charge is 0.459 e. The number of piperidine rings is 1. The van der Waals surface area contributed by atoms with Crippen LogP contribution in [0.4, 0.5) is 11.4 Å². The first-order chi connectivity index (χ1) is 13.5. The molecule has 0 bridgehead atoms. The number of primary amides is 1. The lowest BCUT2D eigenvalue weighted by molar-refractivity contribution is -0.116. The van der Waals surface area contributed by atoms with Crippen molar-refractivity contribution in [3.8, 4) is 0 Å². The Morgan fingerprint density at radius 1 is 1.18 bits per heavy atom. The van der Waals surface area contributed by atoms with Crippen LogP contribution in [0.25, 0.3) is 0 Å². The van der Waals surface area contributed by atoms with E-state index in [-0.39, 0.29) is 24.1 Å². The van der Waals surface area contributed by atoms with E-state index in [1.807, 2.05) is 0 Å². The van der Waals surface area contributed by atoms with Crippen molar-refractivity contribution in [2.45, 2.75) is 19.3 Å². The van der Waals surface area contributed by atoms with Gasteiger partial charge in [0.2, 0.25) is 11.8 Å². The Bertz CT molecular complexity index is 857. The molecule has 3 amide bonds. The third kappa shape index (κ3) is 4.51. The van der Waals surface area contributed by atoms with Crippen LogP contribution in [-0.4, -0.2) is 49.3 Å². The van der Waals surface area contributed by atoms with Crippen LogP contribution in [0.5, 0.6) is 0 Å². The quantitative estimate of drug-likeness (QED) is 0.793. The Balaban J connectivity index is 1.75. The number of benzene rings is 1. The Hall–Kier alpha value is -3.29. The van der Waals surface area contributed by atoms with E-state index < -0.39 is 5.91 Å². The van der Waals surface area contributed by atoms with Crippen LogP contribution in [0.1, 0.15) is 40.2 Å². The first-order valence-electron chi connectivity index (χ1n) is 9.23. The van der Waals surface area contributed by atoms with Gasteiger partial charge in [-0.1, -0.05) is 0 Å². The summed E-state index contributed by atoms with van der Waals surface area (Å²) in [5.74, 6) is -1.16. The predicted octanol–water partition coefficient (Wildman–Crippen LogP) is 2.08. The van der Waals surface area contributed by atoms with Gasteiger partial charge in [-0.2, -0.15) is 0 Å². The fourth-order valence-corrected chi connectivity index (χ4v) is 3.27. The van der Waals surface area contributed by atoms with Crippen molar-refractivity contribution in [1.82, 2.24) is 4.90 Å². The molecule has 3 rings (SSSR count). The highest BCUT2D eigenvalue weighted by atomic mass is 16.3. The molecule has 0 spiro atoms. The molecule has 1 aromatic heterocycles. The topological polar surface area (TPSA) is 109 Å². The summed E-state index contributed by atoms with van der Waals surface area (Å²) in [6.07, 6.45) is 4.73. The molecule has 0 atom stereocenters. The van der Waals surface area contributed by atoms with Crippen LogP contribution >= 0.6 is 0 Å². The summed E-state index contributed by atoms with van der Waals surface area (Å²) in [4.78, 5) is 39.8. The maximum atomic E-state index is 12.5. The predicted molar refractivity (Wildman–Crippen MR) is 105 cm³/mol. The van der Waals surface area contributed by atoms with E-state index in [2.05, 4.69) is 10.2 Å². The number of rotatable bonds is 6. The number of hydrogen-bond acceptors (Lipinski definition) is 5. The van der Waals surface area contributed by atoms with Gasteiger partial charge >= 0.3 is 0 Å². The molecule has 1 fully saturated rings. The third-order valence-electron chi connectivity index (χ3n) is 4.71. The molecule has 2 aromatic rings. The molecule has 8 nitrogen and oxygen atoms in total. The fraction of sp³-hybridized carbons (Fsp3) is 0.350. The number of carbonyl (C=O) groups is 3. The number of carbonyl (C=O) groups excluding carboxylic acids is 3. The van der Waals surface area contributed by atoms with Gasteiger partial charge in [0.1, 0.15) is 0 Å². The molecule has 28 heavy (non-hydrogen) atoms. The number of nitrogens with one attached hydrogen (secondary N) is 1. The molecule has 148 valence electrons. The Morgan fingerprint density at radius 2 is 1.93 bits per heavy atom. The summed E-state index contributed by atoms with van der Waals surface area (Å²) in [7, 11) is 1.52. The van der Waals surface area contributed by atoms with Gasteiger partial charge in [-0.25, -0.2) is 0 Å². The number of anilines is 2. The van der Waals surface area contributed by atoms with Crippen LogP contribution in [0.2, 0.25) is 0 Å². The van der Waals surface area contributed by atoms with Crippen molar-refractivity contribution >= 4 is 29.1 Å². The summed E-state index contributed by atoms with van der Waals surface area (Å²) in [5.41, 5.74) is 7.07. The van der Waals surface area contributed by atoms with Crippen molar-refractivity contribution in [2.24, 2.45) is 5.73 Å². The van der Waals surface area contributed by atoms with Crippen molar-refractivity contribution in [2.75, 3.05) is 36.9 Å². The van der Waals surface area contributed by atoms with Crippen LogP contribution in [0.15, 0.2) is 41.0 Å². The number of furan rings is 1. The van der Waals surface area contributed by atoms with Gasteiger partial charge in [-0.15, -0.1) is 0 Å². The normalized spacial score (nSPS) is 13.8. The summed E-state index contributed by atoms with van der Waals surface area (Å²) in [5, 5.41) is 2.82. The maximum Gasteiger partial charge on any atom is 0.289 e. The zero-order valence-electron chi connectivity index (χ0n) is 15.8. The van der Waals surface area contributed by atoms with Gasteiger partial charge in [-0.3, -0.25) is 14.4 Å². The maximum absolute atomic E-state index is 12.5. The molecular weight excluding hydrogens is 360 g/mol. The lowest BCUT2D eigenvalue weighted by Crippen LogP contribution is -2.35. The average molecular weight is 384 g/mol. The van der Waals surface area contributed by atoms with E-state index in [4.69, 9.17) is 10.2 Å². The van der Waals surface area contributed by atoms with Crippen LogP contribution in [0.3, 0.4) is 0 Å². The molecule has 0 saturated carbocycles. The highest BCUT2D eigenvalue weighted by Crippen LogP contribution is 2.29. The van der Waals surface area contributed by atoms with E-state index in [0.717, 1.165) is 31.6 Å². The van der Waals surface area contributed by atoms with Crippen molar-refractivity contribution in [3.05, 3.63) is 47.9 Å². The number of nitrogens with zero attached hydrogens (tertiary/aromatic N) is 2. The lowest BCUT2D eigenvalue weighted by atomic mass is 10.1. The van der Waals surface area contributed by atoms with Gasteiger partial charge in [-0.05, 0) is 49.6 Å². The average Bonchev–Trinajstić information content (AvgIpc) is 3.22. The van der Waals surface area contributed by atoms with Crippen LogP contribution in [0, 0.1) is 0 Å². The van der Waals surface area contributed by atoms with Gasteiger partial charge in [0.05, 0.1) is 24.2 Å². The molecule has 8 heteroatoms. The highest BCUT2D eigenvalue weighted by molar-refractivity contribution is 6.01. The second-order valence-electron chi connectivity index (χ2n) is 6.83. The molecule has 0 unspecified atom stereocenters. The summed E-state index contributed by atoms with van der Waals surface area (Å²) >= 11 is 0. The fourth-order valence-electron chi connectivity index (χ4n) is 3.27. The smallest absolute Gasteiger partial charge is 0.289 e. The Morgan fingerprint density at radius 3 is 2.57 bits per heavy atom. The number of hydrogen-bond donors (Lipinski definition) is 2. The minimum absolute atomic E-state index is 0.153. The van der Waals surface area contributed by atoms with Gasteiger partial charge in [0.15, 0.2) is 5.76 Å². The summed E-state index contributed by atoms with van der Waals surface area (Å²) < 4.78 is 5.08.